The molecule has 0 atom stereocenters. The summed E-state index contributed by atoms with van der Waals surface area (Å²) in [6.07, 6.45) is 0. The minimum atomic E-state index is 0.448. The van der Waals surface area contributed by atoms with Crippen molar-refractivity contribution in [1.82, 2.24) is 0 Å². The van der Waals surface area contributed by atoms with Crippen molar-refractivity contribution in [1.29, 1.82) is 0 Å². The van der Waals surface area contributed by atoms with Crippen LogP contribution in [-0.2, 0) is 6.54 Å². The third-order valence-corrected chi connectivity index (χ3v) is 1.81. The van der Waals surface area contributed by atoms with Gasteiger partial charge < -0.3 is 0 Å². The molecule has 0 amide bonds. The van der Waals surface area contributed by atoms with Crippen molar-refractivity contribution in [2.45, 2.75) is 20.4 Å². The van der Waals surface area contributed by atoms with Crippen LogP contribution in [-0.4, -0.2) is 0 Å². The average molecular weight is 161 g/mol. The van der Waals surface area contributed by atoms with Crippen LogP contribution >= 0.6 is 0 Å². The van der Waals surface area contributed by atoms with Gasteiger partial charge in [0.2, 0.25) is 0 Å². The van der Waals surface area contributed by atoms with Gasteiger partial charge in [0.1, 0.15) is 0 Å². The summed E-state index contributed by atoms with van der Waals surface area (Å²) in [6, 6.07) is 6.14. The van der Waals surface area contributed by atoms with Crippen LogP contribution in [0.15, 0.2) is 23.3 Å². The summed E-state index contributed by atoms with van der Waals surface area (Å²) in [5.74, 6) is 0. The lowest BCUT2D eigenvalue weighted by Gasteiger charge is -2.02. The van der Waals surface area contributed by atoms with E-state index in [9.17, 15) is 0 Å². The Hall–Kier alpha value is -1.47. The zero-order chi connectivity index (χ0) is 8.97. The second-order valence-electron chi connectivity index (χ2n) is 2.82. The minimum Gasteiger partial charge on any atom is -0.0893 e. The summed E-state index contributed by atoms with van der Waals surface area (Å²) in [5, 5.41) is 3.52. The molecule has 62 valence electrons. The number of aryl methyl sites for hydroxylation is 2. The Morgan fingerprint density at radius 1 is 1.42 bits per heavy atom. The summed E-state index contributed by atoms with van der Waals surface area (Å²) in [4.78, 5) is 2.73. The first-order valence-electron chi connectivity index (χ1n) is 3.81. The molecule has 0 aliphatic carbocycles. The van der Waals surface area contributed by atoms with Crippen molar-refractivity contribution < 1.29 is 0 Å². The van der Waals surface area contributed by atoms with Crippen LogP contribution in [0.3, 0.4) is 0 Å². The predicted octanol–water partition coefficient (Wildman–Crippen LogP) is 3.11. The van der Waals surface area contributed by atoms with E-state index in [2.05, 4.69) is 16.1 Å². The molecule has 1 rings (SSSR count). The largest absolute Gasteiger partial charge is 0.0893 e. The second-order valence-corrected chi connectivity index (χ2v) is 2.82. The van der Waals surface area contributed by atoms with Gasteiger partial charge in [-0.05, 0) is 30.5 Å². The fourth-order valence-electron chi connectivity index (χ4n) is 1.08. The summed E-state index contributed by atoms with van der Waals surface area (Å²) < 4.78 is 0. The van der Waals surface area contributed by atoms with Crippen molar-refractivity contribution in [3.8, 4) is 0 Å². The van der Waals surface area contributed by atoms with Crippen molar-refractivity contribution in [3.05, 3.63) is 45.3 Å². The number of hydrogen-bond acceptors (Lipinski definition) is 1. The lowest BCUT2D eigenvalue weighted by Crippen LogP contribution is -1.87. The maximum atomic E-state index is 8.15. The Morgan fingerprint density at radius 2 is 2.17 bits per heavy atom. The maximum absolute atomic E-state index is 8.15. The SMILES string of the molecule is Cc1ccc(C)c(CN=[N+]=[N-])c1. The third kappa shape index (κ3) is 2.01. The Morgan fingerprint density at radius 3 is 2.83 bits per heavy atom. The van der Waals surface area contributed by atoms with Crippen molar-refractivity contribution >= 4 is 0 Å². The Labute approximate surface area is 71.7 Å². The van der Waals surface area contributed by atoms with Gasteiger partial charge in [0, 0.05) is 4.91 Å². The molecule has 0 spiro atoms. The molecule has 0 aromatic heterocycles. The van der Waals surface area contributed by atoms with Gasteiger partial charge in [0.05, 0.1) is 6.54 Å². The van der Waals surface area contributed by atoms with Gasteiger partial charge in [0.25, 0.3) is 0 Å². The van der Waals surface area contributed by atoms with Gasteiger partial charge >= 0.3 is 0 Å². The molecular weight excluding hydrogens is 150 g/mol. The van der Waals surface area contributed by atoms with Crippen molar-refractivity contribution in [2.24, 2.45) is 5.11 Å². The minimum absolute atomic E-state index is 0.448. The molecule has 0 aliphatic rings. The van der Waals surface area contributed by atoms with E-state index in [-0.39, 0.29) is 0 Å². The molecule has 0 aliphatic heterocycles. The molecule has 0 N–H and O–H groups in total. The number of azide groups is 1. The van der Waals surface area contributed by atoms with Crippen LogP contribution in [0.1, 0.15) is 16.7 Å². The lowest BCUT2D eigenvalue weighted by atomic mass is 10.1. The molecule has 0 radical (unpaired) electrons. The molecule has 1 aromatic carbocycles. The molecule has 0 bridgehead atoms. The Balaban J connectivity index is 2.96. The molecule has 0 heterocycles. The van der Waals surface area contributed by atoms with E-state index in [1.54, 1.807) is 0 Å². The molecule has 0 saturated heterocycles. The second kappa shape index (κ2) is 3.79. The van der Waals surface area contributed by atoms with Gasteiger partial charge in [-0.3, -0.25) is 0 Å². The van der Waals surface area contributed by atoms with E-state index in [1.807, 2.05) is 26.0 Å². The van der Waals surface area contributed by atoms with Gasteiger partial charge in [-0.1, -0.05) is 28.9 Å². The van der Waals surface area contributed by atoms with E-state index in [4.69, 9.17) is 5.53 Å². The zero-order valence-corrected chi connectivity index (χ0v) is 7.28. The number of nitrogens with zero attached hydrogens (tertiary/aromatic N) is 3. The number of benzene rings is 1. The van der Waals surface area contributed by atoms with Gasteiger partial charge in [-0.2, -0.15) is 0 Å². The highest BCUT2D eigenvalue weighted by Crippen LogP contribution is 2.11. The van der Waals surface area contributed by atoms with E-state index in [1.165, 1.54) is 11.1 Å². The fourth-order valence-corrected chi connectivity index (χ4v) is 1.08. The van der Waals surface area contributed by atoms with Crippen LogP contribution < -0.4 is 0 Å². The molecule has 12 heavy (non-hydrogen) atoms. The molecule has 0 saturated carbocycles. The first-order chi connectivity index (χ1) is 5.74. The topological polar surface area (TPSA) is 48.8 Å². The molecule has 3 heteroatoms. The monoisotopic (exact) mass is 161 g/mol. The van der Waals surface area contributed by atoms with Crippen LogP contribution in [0.25, 0.3) is 10.4 Å². The van der Waals surface area contributed by atoms with Gasteiger partial charge in [-0.15, -0.1) is 0 Å². The summed E-state index contributed by atoms with van der Waals surface area (Å²) in [7, 11) is 0. The fraction of sp³-hybridized carbons (Fsp3) is 0.333. The first kappa shape index (κ1) is 8.62. The first-order valence-corrected chi connectivity index (χ1v) is 3.81. The van der Waals surface area contributed by atoms with E-state index in [0.29, 0.717) is 6.54 Å². The Bertz CT molecular complexity index is 325. The standard InChI is InChI=1S/C9H11N3/c1-7-3-4-8(2)9(5-7)6-11-12-10/h3-5H,6H2,1-2H3. The quantitative estimate of drug-likeness (QED) is 0.363. The third-order valence-electron chi connectivity index (χ3n) is 1.81. The predicted molar refractivity (Wildman–Crippen MR) is 48.8 cm³/mol. The molecule has 3 nitrogen and oxygen atoms in total. The van der Waals surface area contributed by atoms with E-state index in [0.717, 1.165) is 5.56 Å². The number of rotatable bonds is 2. The molecular formula is C9H11N3. The average Bonchev–Trinajstić information content (AvgIpc) is 2.07. The van der Waals surface area contributed by atoms with Crippen molar-refractivity contribution in [3.63, 3.8) is 0 Å². The summed E-state index contributed by atoms with van der Waals surface area (Å²) in [5.41, 5.74) is 11.6. The van der Waals surface area contributed by atoms with E-state index < -0.39 is 0 Å². The lowest BCUT2D eigenvalue weighted by molar-refractivity contribution is 1.02. The van der Waals surface area contributed by atoms with Crippen molar-refractivity contribution in [2.75, 3.05) is 0 Å². The van der Waals surface area contributed by atoms with E-state index >= 15 is 0 Å². The van der Waals surface area contributed by atoms with Crippen LogP contribution in [0.5, 0.6) is 0 Å². The maximum Gasteiger partial charge on any atom is 0.0513 e. The Kier molecular flexibility index (Phi) is 2.72. The molecule has 0 fully saturated rings. The van der Waals surface area contributed by atoms with Crippen LogP contribution in [0.2, 0.25) is 0 Å². The van der Waals surface area contributed by atoms with Gasteiger partial charge in [-0.25, -0.2) is 0 Å². The van der Waals surface area contributed by atoms with Crippen LogP contribution in [0, 0.1) is 13.8 Å². The summed E-state index contributed by atoms with van der Waals surface area (Å²) in [6.45, 7) is 4.49. The molecule has 1 aromatic rings. The molecule has 0 unspecified atom stereocenters. The highest BCUT2D eigenvalue weighted by molar-refractivity contribution is 5.30. The number of hydrogen-bond donors (Lipinski definition) is 0. The summed E-state index contributed by atoms with van der Waals surface area (Å²) >= 11 is 0. The van der Waals surface area contributed by atoms with Gasteiger partial charge in [0.15, 0.2) is 0 Å². The zero-order valence-electron chi connectivity index (χ0n) is 7.28. The highest BCUT2D eigenvalue weighted by atomic mass is 15.1. The normalized spacial score (nSPS) is 9.17. The van der Waals surface area contributed by atoms with Crippen LogP contribution in [0.4, 0.5) is 0 Å². The smallest absolute Gasteiger partial charge is 0.0513 e. The highest BCUT2D eigenvalue weighted by Gasteiger charge is 1.95.